The highest BCUT2D eigenvalue weighted by molar-refractivity contribution is 5.81. The van der Waals surface area contributed by atoms with Gasteiger partial charge in [0.05, 0.1) is 6.04 Å². The number of rotatable bonds is 6. The van der Waals surface area contributed by atoms with Crippen LogP contribution in [0.2, 0.25) is 0 Å². The SMILES string of the molecule is NCCCNC(=O)[C@H](O)[C@H](N)c1ccccc1. The summed E-state index contributed by atoms with van der Waals surface area (Å²) in [6.07, 6.45) is -0.561. The Morgan fingerprint density at radius 1 is 1.35 bits per heavy atom. The molecule has 0 bridgehead atoms. The Hall–Kier alpha value is -1.43. The van der Waals surface area contributed by atoms with Gasteiger partial charge in [-0.1, -0.05) is 30.3 Å². The summed E-state index contributed by atoms with van der Waals surface area (Å²) in [4.78, 5) is 11.6. The van der Waals surface area contributed by atoms with Gasteiger partial charge in [-0.15, -0.1) is 0 Å². The molecule has 0 saturated carbocycles. The van der Waals surface area contributed by atoms with Crippen molar-refractivity contribution in [1.29, 1.82) is 0 Å². The fourth-order valence-electron chi connectivity index (χ4n) is 1.44. The molecule has 1 aromatic carbocycles. The molecule has 0 aliphatic rings. The maximum absolute atomic E-state index is 11.6. The Morgan fingerprint density at radius 2 is 2.00 bits per heavy atom. The number of carbonyl (C=O) groups excluding carboxylic acids is 1. The second-order valence-electron chi connectivity index (χ2n) is 3.81. The van der Waals surface area contributed by atoms with Gasteiger partial charge < -0.3 is 21.9 Å². The van der Waals surface area contributed by atoms with Crippen LogP contribution in [0.4, 0.5) is 0 Å². The Morgan fingerprint density at radius 3 is 2.59 bits per heavy atom. The molecule has 0 aromatic heterocycles. The Kier molecular flexibility index (Phi) is 5.62. The molecule has 0 radical (unpaired) electrons. The second kappa shape index (κ2) is 7.01. The summed E-state index contributed by atoms with van der Waals surface area (Å²) in [7, 11) is 0. The third-order valence-corrected chi connectivity index (χ3v) is 2.47. The number of hydrogen-bond acceptors (Lipinski definition) is 4. The topological polar surface area (TPSA) is 101 Å². The number of carbonyl (C=O) groups is 1. The molecule has 0 heterocycles. The standard InChI is InChI=1S/C12H19N3O2/c13-7-4-8-15-12(17)11(16)10(14)9-5-2-1-3-6-9/h1-3,5-6,10-11,16H,4,7-8,13-14H2,(H,15,17)/t10-,11-/m1/s1. The summed E-state index contributed by atoms with van der Waals surface area (Å²) in [6.45, 7) is 0.953. The summed E-state index contributed by atoms with van der Waals surface area (Å²) in [5.41, 5.74) is 11.8. The van der Waals surface area contributed by atoms with E-state index in [1.54, 1.807) is 12.1 Å². The average molecular weight is 237 g/mol. The first-order valence-corrected chi connectivity index (χ1v) is 5.63. The van der Waals surface area contributed by atoms with Crippen LogP contribution in [-0.2, 0) is 4.79 Å². The van der Waals surface area contributed by atoms with Crippen molar-refractivity contribution in [2.75, 3.05) is 13.1 Å². The fourth-order valence-corrected chi connectivity index (χ4v) is 1.44. The zero-order chi connectivity index (χ0) is 12.7. The van der Waals surface area contributed by atoms with Crippen LogP contribution in [0.25, 0.3) is 0 Å². The predicted octanol–water partition coefficient (Wildman–Crippen LogP) is -0.488. The van der Waals surface area contributed by atoms with Gasteiger partial charge in [0.15, 0.2) is 6.10 Å². The van der Waals surface area contributed by atoms with E-state index in [-0.39, 0.29) is 0 Å². The van der Waals surface area contributed by atoms with Gasteiger partial charge in [-0.2, -0.15) is 0 Å². The van der Waals surface area contributed by atoms with E-state index in [4.69, 9.17) is 11.5 Å². The molecule has 17 heavy (non-hydrogen) atoms. The molecule has 0 aliphatic carbocycles. The maximum Gasteiger partial charge on any atom is 0.250 e. The van der Waals surface area contributed by atoms with Crippen molar-refractivity contribution in [3.63, 3.8) is 0 Å². The van der Waals surface area contributed by atoms with E-state index in [0.717, 1.165) is 5.56 Å². The van der Waals surface area contributed by atoms with Gasteiger partial charge in [-0.05, 0) is 18.5 Å². The molecule has 0 fully saturated rings. The largest absolute Gasteiger partial charge is 0.381 e. The lowest BCUT2D eigenvalue weighted by Crippen LogP contribution is -2.42. The van der Waals surface area contributed by atoms with E-state index in [1.165, 1.54) is 0 Å². The van der Waals surface area contributed by atoms with Crippen LogP contribution < -0.4 is 16.8 Å². The maximum atomic E-state index is 11.6. The monoisotopic (exact) mass is 237 g/mol. The molecular weight excluding hydrogens is 218 g/mol. The van der Waals surface area contributed by atoms with E-state index < -0.39 is 18.1 Å². The van der Waals surface area contributed by atoms with Crippen LogP contribution in [0.5, 0.6) is 0 Å². The van der Waals surface area contributed by atoms with Crippen LogP contribution >= 0.6 is 0 Å². The highest BCUT2D eigenvalue weighted by Crippen LogP contribution is 2.13. The van der Waals surface area contributed by atoms with E-state index in [1.807, 2.05) is 18.2 Å². The molecule has 1 aromatic rings. The lowest BCUT2D eigenvalue weighted by atomic mass is 10.0. The Labute approximate surface area is 101 Å². The average Bonchev–Trinajstić information content (AvgIpc) is 2.38. The van der Waals surface area contributed by atoms with Crippen molar-refractivity contribution in [1.82, 2.24) is 5.32 Å². The highest BCUT2D eigenvalue weighted by atomic mass is 16.3. The minimum Gasteiger partial charge on any atom is -0.381 e. The van der Waals surface area contributed by atoms with Crippen molar-refractivity contribution in [3.05, 3.63) is 35.9 Å². The predicted molar refractivity (Wildman–Crippen MR) is 66.1 cm³/mol. The van der Waals surface area contributed by atoms with Gasteiger partial charge in [-0.3, -0.25) is 4.79 Å². The minimum atomic E-state index is -1.24. The van der Waals surface area contributed by atoms with Crippen LogP contribution in [0.3, 0.4) is 0 Å². The third-order valence-electron chi connectivity index (χ3n) is 2.47. The Balaban J connectivity index is 2.51. The zero-order valence-corrected chi connectivity index (χ0v) is 9.67. The van der Waals surface area contributed by atoms with Crippen LogP contribution in [0.1, 0.15) is 18.0 Å². The number of benzene rings is 1. The van der Waals surface area contributed by atoms with Gasteiger partial charge in [-0.25, -0.2) is 0 Å². The number of amides is 1. The van der Waals surface area contributed by atoms with Gasteiger partial charge in [0.2, 0.25) is 0 Å². The van der Waals surface area contributed by atoms with Crippen LogP contribution in [0, 0.1) is 0 Å². The molecule has 0 saturated heterocycles. The van der Waals surface area contributed by atoms with Crippen LogP contribution in [-0.4, -0.2) is 30.2 Å². The molecular formula is C12H19N3O2. The normalized spacial score (nSPS) is 14.1. The molecule has 1 amide bonds. The lowest BCUT2D eigenvalue weighted by molar-refractivity contribution is -0.130. The fraction of sp³-hybridized carbons (Fsp3) is 0.417. The molecule has 6 N–H and O–H groups in total. The molecule has 0 spiro atoms. The van der Waals surface area contributed by atoms with E-state index in [0.29, 0.717) is 19.5 Å². The molecule has 0 unspecified atom stereocenters. The van der Waals surface area contributed by atoms with Gasteiger partial charge in [0.25, 0.3) is 5.91 Å². The van der Waals surface area contributed by atoms with Crippen molar-refractivity contribution in [3.8, 4) is 0 Å². The minimum absolute atomic E-state index is 0.452. The third kappa shape index (κ3) is 4.14. The van der Waals surface area contributed by atoms with Crippen molar-refractivity contribution < 1.29 is 9.90 Å². The van der Waals surface area contributed by atoms with Crippen molar-refractivity contribution in [2.24, 2.45) is 11.5 Å². The number of hydrogen-bond donors (Lipinski definition) is 4. The van der Waals surface area contributed by atoms with Crippen LogP contribution in [0.15, 0.2) is 30.3 Å². The molecule has 1 rings (SSSR count). The van der Waals surface area contributed by atoms with E-state index in [9.17, 15) is 9.90 Å². The highest BCUT2D eigenvalue weighted by Gasteiger charge is 2.23. The Bertz CT molecular complexity index is 343. The number of nitrogens with two attached hydrogens (primary N) is 2. The second-order valence-corrected chi connectivity index (χ2v) is 3.81. The summed E-state index contributed by atoms with van der Waals surface area (Å²) in [6, 6.07) is 8.32. The summed E-state index contributed by atoms with van der Waals surface area (Å²) >= 11 is 0. The van der Waals surface area contributed by atoms with Crippen molar-refractivity contribution in [2.45, 2.75) is 18.6 Å². The molecule has 0 aliphatic heterocycles. The number of nitrogens with one attached hydrogen (secondary N) is 1. The van der Waals surface area contributed by atoms with Gasteiger partial charge >= 0.3 is 0 Å². The zero-order valence-electron chi connectivity index (χ0n) is 9.67. The quantitative estimate of drug-likeness (QED) is 0.501. The molecule has 5 heteroatoms. The summed E-state index contributed by atoms with van der Waals surface area (Å²) in [5.74, 6) is -0.463. The van der Waals surface area contributed by atoms with Gasteiger partial charge in [0.1, 0.15) is 0 Å². The molecule has 5 nitrogen and oxygen atoms in total. The molecule has 94 valence electrons. The lowest BCUT2D eigenvalue weighted by Gasteiger charge is -2.18. The number of aliphatic hydroxyl groups excluding tert-OH is 1. The summed E-state index contributed by atoms with van der Waals surface area (Å²) < 4.78 is 0. The first-order valence-electron chi connectivity index (χ1n) is 5.63. The van der Waals surface area contributed by atoms with Crippen molar-refractivity contribution >= 4 is 5.91 Å². The number of aliphatic hydroxyl groups is 1. The first-order chi connectivity index (χ1) is 8.16. The van der Waals surface area contributed by atoms with E-state index >= 15 is 0 Å². The summed E-state index contributed by atoms with van der Waals surface area (Å²) in [5, 5.41) is 12.4. The van der Waals surface area contributed by atoms with Gasteiger partial charge in [0, 0.05) is 6.54 Å². The van der Waals surface area contributed by atoms with E-state index in [2.05, 4.69) is 5.32 Å². The molecule has 2 atom stereocenters. The smallest absolute Gasteiger partial charge is 0.250 e. The first kappa shape index (κ1) is 13.6.